The molecule has 3 aromatic rings. The summed E-state index contributed by atoms with van der Waals surface area (Å²) in [6.45, 7) is 4.30. The van der Waals surface area contributed by atoms with Crippen LogP contribution in [0.1, 0.15) is 30.9 Å². The fraction of sp³-hybridized carbons (Fsp3) is 0.269. The van der Waals surface area contributed by atoms with Crippen molar-refractivity contribution in [1.29, 1.82) is 0 Å². The summed E-state index contributed by atoms with van der Waals surface area (Å²) < 4.78 is 31.1. The number of aryl methyl sites for hydroxylation is 2. The van der Waals surface area contributed by atoms with Gasteiger partial charge >= 0.3 is 5.97 Å². The van der Waals surface area contributed by atoms with E-state index in [0.29, 0.717) is 41.7 Å². The van der Waals surface area contributed by atoms with E-state index in [4.69, 9.17) is 30.9 Å². The molecule has 0 heterocycles. The average molecular weight is 473 g/mol. The molecule has 7 heteroatoms. The lowest BCUT2D eigenvalue weighted by Crippen LogP contribution is -2.16. The lowest BCUT2D eigenvalue weighted by atomic mass is 10.0. The fourth-order valence-electron chi connectivity index (χ4n) is 3.22. The Morgan fingerprint density at radius 2 is 1.88 bits per heavy atom. The van der Waals surface area contributed by atoms with Crippen LogP contribution in [0.2, 0.25) is 5.02 Å². The Bertz CT molecular complexity index is 1100. The molecule has 0 bridgehead atoms. The zero-order valence-corrected chi connectivity index (χ0v) is 19.3. The van der Waals surface area contributed by atoms with Crippen LogP contribution in [0.4, 0.5) is 4.39 Å². The second kappa shape index (κ2) is 11.6. The molecule has 33 heavy (non-hydrogen) atoms. The third kappa shape index (κ3) is 7.68. The summed E-state index contributed by atoms with van der Waals surface area (Å²) >= 11 is 6.10. The Kier molecular flexibility index (Phi) is 8.55. The van der Waals surface area contributed by atoms with Crippen molar-refractivity contribution in [3.8, 4) is 23.0 Å². The molecule has 0 radical (unpaired) electrons. The minimum absolute atomic E-state index is 0.103. The molecule has 0 aromatic heterocycles. The van der Waals surface area contributed by atoms with Crippen LogP contribution in [0, 0.1) is 12.7 Å². The molecule has 0 unspecified atom stereocenters. The van der Waals surface area contributed by atoms with E-state index in [1.807, 2.05) is 32.0 Å². The standard InChI is InChI=1S/C26H26ClFO5/c1-17-14-22(9-6-19(17)7-11-26(29)30)31-13-12-18(2)32-24-10-8-20(27)15-25(24)33-23-5-3-4-21(28)16-23/h3-6,8-10,14-16,18H,7,11-13H2,1-2H3,(H,29,30)/t18-/m1/s1. The van der Waals surface area contributed by atoms with Gasteiger partial charge in [-0.3, -0.25) is 4.79 Å². The highest BCUT2D eigenvalue weighted by atomic mass is 35.5. The highest BCUT2D eigenvalue weighted by molar-refractivity contribution is 6.30. The van der Waals surface area contributed by atoms with Crippen molar-refractivity contribution >= 4 is 17.6 Å². The summed E-state index contributed by atoms with van der Waals surface area (Å²) in [5.41, 5.74) is 1.99. The van der Waals surface area contributed by atoms with Gasteiger partial charge in [0, 0.05) is 30.0 Å². The summed E-state index contributed by atoms with van der Waals surface area (Å²) in [5.74, 6) is 0.755. The van der Waals surface area contributed by atoms with Crippen molar-refractivity contribution in [3.63, 3.8) is 0 Å². The van der Waals surface area contributed by atoms with E-state index in [2.05, 4.69) is 0 Å². The molecule has 0 fully saturated rings. The number of hydrogen-bond acceptors (Lipinski definition) is 4. The van der Waals surface area contributed by atoms with Crippen LogP contribution >= 0.6 is 11.6 Å². The third-order valence-corrected chi connectivity index (χ3v) is 5.21. The van der Waals surface area contributed by atoms with Crippen LogP contribution in [0.3, 0.4) is 0 Å². The molecule has 0 spiro atoms. The summed E-state index contributed by atoms with van der Waals surface area (Å²) in [6, 6.07) is 16.5. The number of carboxylic acids is 1. The van der Waals surface area contributed by atoms with Gasteiger partial charge in [-0.05, 0) is 67.8 Å². The minimum atomic E-state index is -0.811. The Balaban J connectivity index is 1.55. The van der Waals surface area contributed by atoms with Gasteiger partial charge in [-0.15, -0.1) is 0 Å². The maximum absolute atomic E-state index is 13.5. The van der Waals surface area contributed by atoms with Crippen molar-refractivity contribution in [2.45, 2.75) is 39.2 Å². The molecule has 3 aromatic carbocycles. The van der Waals surface area contributed by atoms with Crippen molar-refractivity contribution in [2.24, 2.45) is 0 Å². The van der Waals surface area contributed by atoms with Gasteiger partial charge in [0.1, 0.15) is 17.3 Å². The summed E-state index contributed by atoms with van der Waals surface area (Å²) in [5, 5.41) is 9.32. The topological polar surface area (TPSA) is 65.0 Å². The maximum Gasteiger partial charge on any atom is 0.303 e. The first-order valence-electron chi connectivity index (χ1n) is 10.6. The van der Waals surface area contributed by atoms with Crippen LogP contribution in [-0.2, 0) is 11.2 Å². The van der Waals surface area contributed by atoms with Gasteiger partial charge < -0.3 is 19.3 Å². The molecular formula is C26H26ClFO5. The monoisotopic (exact) mass is 472 g/mol. The molecule has 1 N–H and O–H groups in total. The number of carbonyl (C=O) groups is 1. The first-order chi connectivity index (χ1) is 15.8. The SMILES string of the molecule is Cc1cc(OCC[C@@H](C)Oc2ccc(Cl)cc2Oc2cccc(F)c2)ccc1CCC(=O)O. The molecule has 0 aliphatic heterocycles. The molecule has 0 aliphatic carbocycles. The summed E-state index contributed by atoms with van der Waals surface area (Å²) in [6.07, 6.45) is 1.03. The van der Waals surface area contributed by atoms with Gasteiger partial charge in [0.25, 0.3) is 0 Å². The number of ether oxygens (including phenoxy) is 3. The number of aliphatic carboxylic acids is 1. The number of halogens is 2. The van der Waals surface area contributed by atoms with Gasteiger partial charge in [0.05, 0.1) is 12.7 Å². The molecule has 3 rings (SSSR count). The summed E-state index contributed by atoms with van der Waals surface area (Å²) in [4.78, 5) is 10.8. The Morgan fingerprint density at radius 1 is 1.06 bits per heavy atom. The molecule has 0 saturated heterocycles. The minimum Gasteiger partial charge on any atom is -0.493 e. The zero-order chi connectivity index (χ0) is 23.8. The average Bonchev–Trinajstić information content (AvgIpc) is 2.75. The lowest BCUT2D eigenvalue weighted by Gasteiger charge is -2.18. The summed E-state index contributed by atoms with van der Waals surface area (Å²) in [7, 11) is 0. The highest BCUT2D eigenvalue weighted by Crippen LogP contribution is 2.35. The van der Waals surface area contributed by atoms with Crippen LogP contribution in [0.25, 0.3) is 0 Å². The molecule has 0 amide bonds. The fourth-order valence-corrected chi connectivity index (χ4v) is 3.38. The van der Waals surface area contributed by atoms with Crippen LogP contribution in [-0.4, -0.2) is 23.8 Å². The normalized spacial score (nSPS) is 11.6. The van der Waals surface area contributed by atoms with E-state index in [0.717, 1.165) is 16.9 Å². The molecular weight excluding hydrogens is 447 g/mol. The van der Waals surface area contributed by atoms with Gasteiger partial charge in [-0.1, -0.05) is 23.7 Å². The van der Waals surface area contributed by atoms with Gasteiger partial charge in [-0.25, -0.2) is 4.39 Å². The molecule has 174 valence electrons. The lowest BCUT2D eigenvalue weighted by molar-refractivity contribution is -0.136. The zero-order valence-electron chi connectivity index (χ0n) is 18.5. The first-order valence-corrected chi connectivity index (χ1v) is 11.0. The van der Waals surface area contributed by atoms with Crippen molar-refractivity contribution < 1.29 is 28.5 Å². The second-order valence-electron chi connectivity index (χ2n) is 7.70. The Hall–Kier alpha value is -3.25. The number of rotatable bonds is 11. The Morgan fingerprint density at radius 3 is 2.61 bits per heavy atom. The third-order valence-electron chi connectivity index (χ3n) is 4.97. The molecule has 0 aliphatic rings. The predicted octanol–water partition coefficient (Wildman–Crippen LogP) is 6.83. The van der Waals surface area contributed by atoms with Gasteiger partial charge in [0.2, 0.25) is 0 Å². The van der Waals surface area contributed by atoms with E-state index in [1.54, 1.807) is 30.3 Å². The molecule has 0 saturated carbocycles. The van der Waals surface area contributed by atoms with Crippen LogP contribution in [0.5, 0.6) is 23.0 Å². The number of benzene rings is 3. The van der Waals surface area contributed by atoms with Crippen molar-refractivity contribution in [1.82, 2.24) is 0 Å². The van der Waals surface area contributed by atoms with E-state index in [9.17, 15) is 9.18 Å². The van der Waals surface area contributed by atoms with Crippen LogP contribution < -0.4 is 14.2 Å². The van der Waals surface area contributed by atoms with Crippen molar-refractivity contribution in [2.75, 3.05) is 6.61 Å². The largest absolute Gasteiger partial charge is 0.493 e. The van der Waals surface area contributed by atoms with E-state index in [1.165, 1.54) is 12.1 Å². The predicted molar refractivity (Wildman–Crippen MR) is 125 cm³/mol. The van der Waals surface area contributed by atoms with Gasteiger partial charge in [0.15, 0.2) is 11.5 Å². The molecule has 1 atom stereocenters. The highest BCUT2D eigenvalue weighted by Gasteiger charge is 2.13. The quantitative estimate of drug-likeness (QED) is 0.331. The number of hydrogen-bond donors (Lipinski definition) is 1. The van der Waals surface area contributed by atoms with Crippen LogP contribution in [0.15, 0.2) is 60.7 Å². The van der Waals surface area contributed by atoms with Gasteiger partial charge in [-0.2, -0.15) is 0 Å². The van der Waals surface area contributed by atoms with E-state index < -0.39 is 11.8 Å². The van der Waals surface area contributed by atoms with E-state index in [-0.39, 0.29) is 12.5 Å². The number of carboxylic acid groups (broad SMARTS) is 1. The first kappa shape index (κ1) is 24.4. The van der Waals surface area contributed by atoms with E-state index >= 15 is 0 Å². The maximum atomic E-state index is 13.5. The molecule has 5 nitrogen and oxygen atoms in total. The Labute approximate surface area is 197 Å². The van der Waals surface area contributed by atoms with Crippen molar-refractivity contribution in [3.05, 3.63) is 82.6 Å². The second-order valence-corrected chi connectivity index (χ2v) is 8.13. The smallest absolute Gasteiger partial charge is 0.303 e.